The standard InChI is InChI=1S/C11H23NO2/c1-2-8-14-9-4-7-12-10-5-3-6-11(10)13/h10-13H,2-9H2,1H3/t10-,11-/m1/s1. The van der Waals surface area contributed by atoms with E-state index in [1.54, 1.807) is 0 Å². The van der Waals surface area contributed by atoms with Gasteiger partial charge in [-0.05, 0) is 38.6 Å². The van der Waals surface area contributed by atoms with Crippen LogP contribution in [0, 0.1) is 0 Å². The summed E-state index contributed by atoms with van der Waals surface area (Å²) in [6, 6.07) is 0.334. The minimum atomic E-state index is -0.119. The average molecular weight is 201 g/mol. The van der Waals surface area contributed by atoms with Crippen LogP contribution in [-0.4, -0.2) is 37.0 Å². The summed E-state index contributed by atoms with van der Waals surface area (Å²) >= 11 is 0. The first kappa shape index (κ1) is 12.0. The summed E-state index contributed by atoms with van der Waals surface area (Å²) in [6.07, 6.45) is 5.26. The fraction of sp³-hybridized carbons (Fsp3) is 1.00. The fourth-order valence-electron chi connectivity index (χ4n) is 1.89. The van der Waals surface area contributed by atoms with Gasteiger partial charge in [0.15, 0.2) is 0 Å². The zero-order chi connectivity index (χ0) is 10.2. The van der Waals surface area contributed by atoms with Crippen LogP contribution in [0.2, 0.25) is 0 Å². The number of hydrogen-bond acceptors (Lipinski definition) is 3. The van der Waals surface area contributed by atoms with Gasteiger partial charge in [-0.2, -0.15) is 0 Å². The van der Waals surface area contributed by atoms with Crippen molar-refractivity contribution in [3.8, 4) is 0 Å². The van der Waals surface area contributed by atoms with E-state index in [-0.39, 0.29) is 6.10 Å². The molecule has 84 valence electrons. The maximum Gasteiger partial charge on any atom is 0.0693 e. The highest BCUT2D eigenvalue weighted by molar-refractivity contribution is 4.82. The molecule has 0 radical (unpaired) electrons. The largest absolute Gasteiger partial charge is 0.392 e. The van der Waals surface area contributed by atoms with E-state index in [2.05, 4.69) is 12.2 Å². The molecule has 0 saturated heterocycles. The molecule has 0 aliphatic heterocycles. The van der Waals surface area contributed by atoms with Gasteiger partial charge in [-0.15, -0.1) is 0 Å². The van der Waals surface area contributed by atoms with Gasteiger partial charge in [0.25, 0.3) is 0 Å². The Morgan fingerprint density at radius 1 is 1.36 bits per heavy atom. The SMILES string of the molecule is CCCOCCCN[C@@H]1CCC[C@H]1O. The van der Waals surface area contributed by atoms with Crippen LogP contribution < -0.4 is 5.32 Å². The minimum absolute atomic E-state index is 0.119. The van der Waals surface area contributed by atoms with E-state index in [0.717, 1.165) is 51.9 Å². The molecule has 0 spiro atoms. The second-order valence-electron chi connectivity index (χ2n) is 4.02. The van der Waals surface area contributed by atoms with E-state index in [9.17, 15) is 5.11 Å². The average Bonchev–Trinajstić information content (AvgIpc) is 2.58. The van der Waals surface area contributed by atoms with Crippen molar-refractivity contribution in [2.45, 2.75) is 51.2 Å². The van der Waals surface area contributed by atoms with Crippen molar-refractivity contribution in [3.63, 3.8) is 0 Å². The first-order valence-electron chi connectivity index (χ1n) is 5.83. The Morgan fingerprint density at radius 2 is 2.21 bits per heavy atom. The quantitative estimate of drug-likeness (QED) is 0.610. The smallest absolute Gasteiger partial charge is 0.0693 e. The highest BCUT2D eigenvalue weighted by atomic mass is 16.5. The maximum absolute atomic E-state index is 9.54. The van der Waals surface area contributed by atoms with Gasteiger partial charge in [0.1, 0.15) is 0 Å². The highest BCUT2D eigenvalue weighted by Crippen LogP contribution is 2.18. The molecule has 0 aromatic rings. The summed E-state index contributed by atoms with van der Waals surface area (Å²) in [7, 11) is 0. The second kappa shape index (κ2) is 7.21. The lowest BCUT2D eigenvalue weighted by Gasteiger charge is -2.16. The summed E-state index contributed by atoms with van der Waals surface area (Å²) in [4.78, 5) is 0. The molecule has 3 heteroatoms. The van der Waals surface area contributed by atoms with Crippen LogP contribution in [0.5, 0.6) is 0 Å². The van der Waals surface area contributed by atoms with Gasteiger partial charge in [0, 0.05) is 19.3 Å². The molecule has 1 rings (SSSR count). The van der Waals surface area contributed by atoms with Crippen LogP contribution in [0.4, 0.5) is 0 Å². The van der Waals surface area contributed by atoms with Crippen molar-refractivity contribution in [3.05, 3.63) is 0 Å². The van der Waals surface area contributed by atoms with Gasteiger partial charge in [0.05, 0.1) is 6.10 Å². The van der Waals surface area contributed by atoms with Crippen molar-refractivity contribution in [2.75, 3.05) is 19.8 Å². The van der Waals surface area contributed by atoms with Gasteiger partial charge < -0.3 is 15.2 Å². The van der Waals surface area contributed by atoms with Gasteiger partial charge >= 0.3 is 0 Å². The summed E-state index contributed by atoms with van der Waals surface area (Å²) < 4.78 is 5.37. The number of aliphatic hydroxyl groups excluding tert-OH is 1. The van der Waals surface area contributed by atoms with Crippen molar-refractivity contribution in [2.24, 2.45) is 0 Å². The third-order valence-corrected chi connectivity index (χ3v) is 2.70. The molecule has 0 aromatic heterocycles. The molecular weight excluding hydrogens is 178 g/mol. The van der Waals surface area contributed by atoms with Gasteiger partial charge in [-0.1, -0.05) is 6.92 Å². The molecule has 14 heavy (non-hydrogen) atoms. The lowest BCUT2D eigenvalue weighted by atomic mass is 10.2. The first-order valence-corrected chi connectivity index (χ1v) is 5.83. The van der Waals surface area contributed by atoms with Gasteiger partial charge in [-0.3, -0.25) is 0 Å². The zero-order valence-corrected chi connectivity index (χ0v) is 9.17. The van der Waals surface area contributed by atoms with Gasteiger partial charge in [-0.25, -0.2) is 0 Å². The van der Waals surface area contributed by atoms with E-state index < -0.39 is 0 Å². The van der Waals surface area contributed by atoms with E-state index in [4.69, 9.17) is 4.74 Å². The summed E-state index contributed by atoms with van der Waals surface area (Å²) in [6.45, 7) is 4.79. The lowest BCUT2D eigenvalue weighted by molar-refractivity contribution is 0.124. The van der Waals surface area contributed by atoms with Crippen molar-refractivity contribution in [1.29, 1.82) is 0 Å². The van der Waals surface area contributed by atoms with Crippen LogP contribution in [0.25, 0.3) is 0 Å². The molecule has 3 nitrogen and oxygen atoms in total. The molecule has 0 heterocycles. The molecule has 0 unspecified atom stereocenters. The van der Waals surface area contributed by atoms with Crippen LogP contribution in [0.15, 0.2) is 0 Å². The molecule has 1 aliphatic rings. The van der Waals surface area contributed by atoms with Crippen LogP contribution in [0.3, 0.4) is 0 Å². The molecule has 0 amide bonds. The first-order chi connectivity index (χ1) is 6.84. The fourth-order valence-corrected chi connectivity index (χ4v) is 1.89. The van der Waals surface area contributed by atoms with Gasteiger partial charge in [0.2, 0.25) is 0 Å². The topological polar surface area (TPSA) is 41.5 Å². The summed E-state index contributed by atoms with van der Waals surface area (Å²) in [5, 5.41) is 12.9. The number of rotatable bonds is 7. The van der Waals surface area contributed by atoms with Crippen molar-refractivity contribution in [1.82, 2.24) is 5.32 Å². The molecule has 0 bridgehead atoms. The Labute approximate surface area is 86.8 Å². The predicted octanol–water partition coefficient (Wildman–Crippen LogP) is 1.31. The number of ether oxygens (including phenoxy) is 1. The molecule has 1 saturated carbocycles. The molecule has 2 N–H and O–H groups in total. The summed E-state index contributed by atoms with van der Waals surface area (Å²) in [5.74, 6) is 0. The monoisotopic (exact) mass is 201 g/mol. The summed E-state index contributed by atoms with van der Waals surface area (Å²) in [5.41, 5.74) is 0. The normalized spacial score (nSPS) is 27.0. The Hall–Kier alpha value is -0.120. The Balaban J connectivity index is 1.88. The van der Waals surface area contributed by atoms with Crippen LogP contribution >= 0.6 is 0 Å². The Morgan fingerprint density at radius 3 is 2.86 bits per heavy atom. The Bertz CT molecular complexity index is 141. The number of aliphatic hydroxyl groups is 1. The lowest BCUT2D eigenvalue weighted by Crippen LogP contribution is -2.36. The number of nitrogens with one attached hydrogen (secondary N) is 1. The number of hydrogen-bond donors (Lipinski definition) is 2. The predicted molar refractivity (Wildman–Crippen MR) is 57.4 cm³/mol. The minimum Gasteiger partial charge on any atom is -0.392 e. The van der Waals surface area contributed by atoms with Crippen LogP contribution in [0.1, 0.15) is 39.0 Å². The molecule has 1 aliphatic carbocycles. The highest BCUT2D eigenvalue weighted by Gasteiger charge is 2.23. The van der Waals surface area contributed by atoms with E-state index in [0.29, 0.717) is 6.04 Å². The third-order valence-electron chi connectivity index (χ3n) is 2.70. The second-order valence-corrected chi connectivity index (χ2v) is 4.02. The van der Waals surface area contributed by atoms with E-state index in [1.165, 1.54) is 0 Å². The maximum atomic E-state index is 9.54. The van der Waals surface area contributed by atoms with E-state index >= 15 is 0 Å². The van der Waals surface area contributed by atoms with Crippen molar-refractivity contribution < 1.29 is 9.84 Å². The Kier molecular flexibility index (Phi) is 6.15. The van der Waals surface area contributed by atoms with Crippen LogP contribution in [-0.2, 0) is 4.74 Å². The van der Waals surface area contributed by atoms with E-state index in [1.807, 2.05) is 0 Å². The molecule has 0 aromatic carbocycles. The van der Waals surface area contributed by atoms with Crippen molar-refractivity contribution >= 4 is 0 Å². The zero-order valence-electron chi connectivity index (χ0n) is 9.17. The molecule has 1 fully saturated rings. The molecular formula is C11H23NO2. The molecule has 2 atom stereocenters. The third kappa shape index (κ3) is 4.40.